The summed E-state index contributed by atoms with van der Waals surface area (Å²) in [5.41, 5.74) is 1.89. The summed E-state index contributed by atoms with van der Waals surface area (Å²) in [4.78, 5) is 26.4. The van der Waals surface area contributed by atoms with Crippen LogP contribution in [0, 0.1) is 0 Å². The van der Waals surface area contributed by atoms with Gasteiger partial charge in [0.2, 0.25) is 0 Å². The molecule has 1 saturated carbocycles. The third-order valence-electron chi connectivity index (χ3n) is 4.76. The zero-order chi connectivity index (χ0) is 21.5. The number of rotatable bonds is 7. The number of carbonyl (C=O) groups excluding carboxylic acids is 1. The van der Waals surface area contributed by atoms with Gasteiger partial charge in [-0.25, -0.2) is 4.98 Å². The number of aliphatic carboxylic acids is 1. The van der Waals surface area contributed by atoms with Crippen LogP contribution >= 0.6 is 27.7 Å². The van der Waals surface area contributed by atoms with Gasteiger partial charge in [0, 0.05) is 5.39 Å². The van der Waals surface area contributed by atoms with Crippen molar-refractivity contribution in [3.05, 3.63) is 52.8 Å². The second-order valence-corrected chi connectivity index (χ2v) is 8.78. The summed E-state index contributed by atoms with van der Waals surface area (Å²) >= 11 is 3.32. The number of benzene rings is 2. The predicted octanol–water partition coefficient (Wildman–Crippen LogP) is 3.90. The number of halogens is 3. The van der Waals surface area contributed by atoms with E-state index in [0.29, 0.717) is 16.2 Å². The molecule has 2 aromatic carbocycles. The molecule has 0 saturated heterocycles. The Morgan fingerprint density at radius 3 is 2.55 bits per heavy atom. The Labute approximate surface area is 201 Å². The molecule has 1 aliphatic rings. The van der Waals surface area contributed by atoms with Crippen molar-refractivity contribution < 1.29 is 23.5 Å². The molecule has 158 valence electrons. The van der Waals surface area contributed by atoms with Crippen molar-refractivity contribution in [3.63, 3.8) is 0 Å². The summed E-state index contributed by atoms with van der Waals surface area (Å²) in [5, 5.41) is 8.25. The number of nitrogens with one attached hydrogen (secondary N) is 1. The van der Waals surface area contributed by atoms with Gasteiger partial charge in [0.25, 0.3) is 0 Å². The van der Waals surface area contributed by atoms with Crippen LogP contribution in [-0.2, 0) is 9.59 Å². The predicted molar refractivity (Wildman–Crippen MR) is 119 cm³/mol. The Balaban J connectivity index is 0.00000272. The number of carboxylic acids is 1. The zero-order valence-electron chi connectivity index (χ0n) is 15.4. The molecule has 31 heavy (non-hydrogen) atoms. The van der Waals surface area contributed by atoms with Gasteiger partial charge < -0.3 is 10.4 Å². The van der Waals surface area contributed by atoms with Crippen LogP contribution in [0.2, 0.25) is 0 Å². The van der Waals surface area contributed by atoms with Crippen molar-refractivity contribution in [2.45, 2.75) is 29.2 Å². The summed E-state index contributed by atoms with van der Waals surface area (Å²) in [6, 6.07) is 11.6. The molecule has 0 aliphatic heterocycles. The van der Waals surface area contributed by atoms with Crippen LogP contribution in [-0.4, -0.2) is 57.2 Å². The monoisotopic (exact) mass is 503 g/mol. The number of carboxylic acid groups (broad SMARTS) is 1. The molecule has 6 nitrogen and oxygen atoms in total. The van der Waals surface area contributed by atoms with E-state index in [9.17, 15) is 18.4 Å². The van der Waals surface area contributed by atoms with E-state index in [4.69, 9.17) is 5.11 Å². The molecular weight excluding hydrogens is 487 g/mol. The van der Waals surface area contributed by atoms with Gasteiger partial charge in [-0.3, -0.25) is 14.2 Å². The number of hydrogen-bond acceptors (Lipinski definition) is 4. The van der Waals surface area contributed by atoms with Crippen LogP contribution < -0.4 is 5.32 Å². The summed E-state index contributed by atoms with van der Waals surface area (Å²) in [6.07, 6.45) is 3.66. The normalized spacial score (nSPS) is 13.6. The molecule has 0 unspecified atom stereocenters. The van der Waals surface area contributed by atoms with Crippen molar-refractivity contribution in [1.82, 2.24) is 14.9 Å². The first-order valence-electron chi connectivity index (χ1n) is 9.10. The first-order valence-corrected chi connectivity index (χ1v) is 10.7. The average Bonchev–Trinajstić information content (AvgIpc) is 3.49. The average molecular weight is 504 g/mol. The van der Waals surface area contributed by atoms with Crippen LogP contribution in [0.15, 0.2) is 52.4 Å². The molecule has 4 rings (SSSR count). The molecule has 3 aromatic rings. The number of hydrogen-bond donors (Lipinski definition) is 2. The summed E-state index contributed by atoms with van der Waals surface area (Å²) in [5.74, 6) is -2.57. The fourth-order valence-corrected chi connectivity index (χ4v) is 4.64. The Bertz CT molecular complexity index is 1150. The zero-order valence-corrected chi connectivity index (χ0v) is 17.8. The summed E-state index contributed by atoms with van der Waals surface area (Å²) in [6.45, 7) is -0.889. The molecule has 1 amide bonds. The second-order valence-electron chi connectivity index (χ2n) is 6.89. The maximum atomic E-state index is 14.4. The molecular formula is C20H17BrF2LiN3O3S. The second kappa shape index (κ2) is 9.33. The van der Waals surface area contributed by atoms with Crippen molar-refractivity contribution in [1.29, 1.82) is 0 Å². The number of amides is 1. The minimum absolute atomic E-state index is 0. The van der Waals surface area contributed by atoms with Crippen LogP contribution in [0.25, 0.3) is 16.5 Å². The number of fused-ring (bicyclic) bond motifs is 1. The maximum absolute atomic E-state index is 14.4. The fraction of sp³-hybridized carbons (Fsp3) is 0.250. The molecule has 11 heteroatoms. The minimum atomic E-state index is -3.90. The van der Waals surface area contributed by atoms with Gasteiger partial charge in [-0.15, -0.1) is 0 Å². The molecule has 0 radical (unpaired) electrons. The first-order chi connectivity index (χ1) is 14.3. The molecule has 0 atom stereocenters. The fourth-order valence-electron chi connectivity index (χ4n) is 3.28. The van der Waals surface area contributed by atoms with Gasteiger partial charge >= 0.3 is 36.0 Å². The van der Waals surface area contributed by atoms with Crippen molar-refractivity contribution in [2.75, 3.05) is 6.54 Å². The van der Waals surface area contributed by atoms with E-state index in [0.717, 1.165) is 23.6 Å². The first kappa shape index (κ1) is 23.8. The number of alkyl halides is 2. The van der Waals surface area contributed by atoms with Gasteiger partial charge in [0.15, 0.2) is 5.16 Å². The molecule has 1 aliphatic carbocycles. The van der Waals surface area contributed by atoms with Gasteiger partial charge in [0.1, 0.15) is 11.1 Å². The van der Waals surface area contributed by atoms with E-state index < -0.39 is 23.7 Å². The van der Waals surface area contributed by atoms with Gasteiger partial charge in [-0.2, -0.15) is 8.78 Å². The van der Waals surface area contributed by atoms with E-state index in [1.165, 1.54) is 16.3 Å². The molecule has 1 fully saturated rings. The van der Waals surface area contributed by atoms with Gasteiger partial charge in [0.05, 0.1) is 11.9 Å². The van der Waals surface area contributed by atoms with E-state index in [-0.39, 0.29) is 35.8 Å². The number of nitrogens with zero attached hydrogens (tertiary/aromatic N) is 2. The molecule has 0 bridgehead atoms. The van der Waals surface area contributed by atoms with Crippen LogP contribution in [0.4, 0.5) is 8.78 Å². The number of aromatic nitrogens is 2. The Kier molecular flexibility index (Phi) is 7.16. The van der Waals surface area contributed by atoms with Crippen LogP contribution in [0.1, 0.15) is 24.3 Å². The van der Waals surface area contributed by atoms with Crippen LogP contribution in [0.3, 0.4) is 0 Å². The Morgan fingerprint density at radius 1 is 1.23 bits per heavy atom. The molecule has 1 aromatic heterocycles. The SMILES string of the molecule is O=C(O)CNC(=O)C(F)(F)Sc1ncc(Br)n1-c1ccc(C2CC2)c2ccccc12.[LiH]. The summed E-state index contributed by atoms with van der Waals surface area (Å²) in [7, 11) is 0. The Morgan fingerprint density at radius 2 is 1.90 bits per heavy atom. The Hall–Kier alpha value is -1.86. The molecule has 0 spiro atoms. The number of imidazole rings is 1. The molecule has 2 N–H and O–H groups in total. The topological polar surface area (TPSA) is 84.2 Å². The third-order valence-corrected chi connectivity index (χ3v) is 6.23. The van der Waals surface area contributed by atoms with Crippen molar-refractivity contribution in [2.24, 2.45) is 0 Å². The molecule has 1 heterocycles. The van der Waals surface area contributed by atoms with Crippen molar-refractivity contribution in [3.8, 4) is 5.69 Å². The van der Waals surface area contributed by atoms with E-state index >= 15 is 0 Å². The van der Waals surface area contributed by atoms with E-state index in [2.05, 4.69) is 20.9 Å². The van der Waals surface area contributed by atoms with Gasteiger partial charge in [-0.05, 0) is 63.5 Å². The summed E-state index contributed by atoms with van der Waals surface area (Å²) < 4.78 is 30.9. The standard InChI is InChI=1S/C20H16BrF2N3O3S.Li.H/c21-16-9-25-19(30-20(22,23)18(29)24-10-17(27)28)26(16)15-8-7-12(11-5-6-11)13-3-1-2-4-14(13)15;;/h1-4,7-9,11H,5-6,10H2,(H,24,29)(H,27,28);;. The number of thioether (sulfide) groups is 1. The van der Waals surface area contributed by atoms with Crippen molar-refractivity contribution >= 4 is 69.2 Å². The third kappa shape index (κ3) is 4.98. The van der Waals surface area contributed by atoms with E-state index in [1.807, 2.05) is 36.4 Å². The van der Waals surface area contributed by atoms with Gasteiger partial charge in [-0.1, -0.05) is 30.3 Å². The number of carbonyl (C=O) groups is 2. The van der Waals surface area contributed by atoms with E-state index in [1.54, 1.807) is 5.32 Å². The quantitative estimate of drug-likeness (QED) is 0.377. The van der Waals surface area contributed by atoms with Crippen LogP contribution in [0.5, 0.6) is 0 Å².